The molecule has 0 radical (unpaired) electrons. The summed E-state index contributed by atoms with van der Waals surface area (Å²) in [5.74, 6) is 0.446. The van der Waals surface area contributed by atoms with E-state index in [1.807, 2.05) is 44.2 Å². The molecule has 138 valence electrons. The van der Waals surface area contributed by atoms with Crippen LogP contribution in [0.4, 0.5) is 17.2 Å². The van der Waals surface area contributed by atoms with E-state index in [-0.39, 0.29) is 11.6 Å². The third-order valence-electron chi connectivity index (χ3n) is 4.54. The highest BCUT2D eigenvalue weighted by atomic mass is 16.1. The maximum Gasteiger partial charge on any atom is 0.275 e. The van der Waals surface area contributed by atoms with Crippen LogP contribution in [0.3, 0.4) is 0 Å². The van der Waals surface area contributed by atoms with E-state index in [0.29, 0.717) is 5.82 Å². The molecule has 0 fully saturated rings. The fourth-order valence-corrected chi connectivity index (χ4v) is 2.86. The summed E-state index contributed by atoms with van der Waals surface area (Å²) in [5, 5.41) is 2.87. The molecule has 1 N–H and O–H groups in total. The molecule has 0 spiro atoms. The van der Waals surface area contributed by atoms with Crippen molar-refractivity contribution in [2.75, 3.05) is 16.8 Å². The van der Waals surface area contributed by atoms with Gasteiger partial charge in [-0.1, -0.05) is 18.2 Å². The monoisotopic (exact) mass is 360 g/mol. The minimum Gasteiger partial charge on any atom is -0.325 e. The van der Waals surface area contributed by atoms with Crippen LogP contribution >= 0.6 is 0 Å². The Balaban J connectivity index is 1.77. The lowest BCUT2D eigenvalue weighted by Gasteiger charge is -2.22. The summed E-state index contributed by atoms with van der Waals surface area (Å²) in [6.45, 7) is 8.93. The molecule has 5 nitrogen and oxygen atoms in total. The van der Waals surface area contributed by atoms with Crippen LogP contribution in [0.25, 0.3) is 0 Å². The van der Waals surface area contributed by atoms with E-state index in [0.717, 1.165) is 23.5 Å². The molecule has 0 atom stereocenters. The lowest BCUT2D eigenvalue weighted by atomic mass is 10.1. The van der Waals surface area contributed by atoms with Gasteiger partial charge in [0.1, 0.15) is 5.69 Å². The van der Waals surface area contributed by atoms with Gasteiger partial charge in [0.2, 0.25) is 0 Å². The highest BCUT2D eigenvalue weighted by Gasteiger charge is 2.13. The van der Waals surface area contributed by atoms with Crippen molar-refractivity contribution in [1.82, 2.24) is 9.97 Å². The van der Waals surface area contributed by atoms with Gasteiger partial charge in [0, 0.05) is 17.9 Å². The van der Waals surface area contributed by atoms with E-state index in [1.54, 1.807) is 6.20 Å². The summed E-state index contributed by atoms with van der Waals surface area (Å²) in [4.78, 5) is 23.3. The lowest BCUT2D eigenvalue weighted by molar-refractivity contribution is 0.102. The van der Waals surface area contributed by atoms with E-state index in [4.69, 9.17) is 0 Å². The predicted octanol–water partition coefficient (Wildman–Crippen LogP) is 4.81. The first-order valence-corrected chi connectivity index (χ1v) is 9.03. The van der Waals surface area contributed by atoms with Crippen LogP contribution in [0.15, 0.2) is 54.9 Å². The number of aryl methyl sites for hydroxylation is 3. The Morgan fingerprint density at radius 1 is 1.00 bits per heavy atom. The van der Waals surface area contributed by atoms with Crippen LogP contribution in [0.5, 0.6) is 0 Å². The molecular weight excluding hydrogens is 336 g/mol. The molecule has 27 heavy (non-hydrogen) atoms. The molecule has 1 amide bonds. The van der Waals surface area contributed by atoms with E-state index >= 15 is 0 Å². The largest absolute Gasteiger partial charge is 0.325 e. The Morgan fingerprint density at radius 2 is 1.81 bits per heavy atom. The van der Waals surface area contributed by atoms with Gasteiger partial charge < -0.3 is 10.2 Å². The van der Waals surface area contributed by atoms with Crippen molar-refractivity contribution in [3.05, 3.63) is 77.2 Å². The van der Waals surface area contributed by atoms with Crippen LogP contribution < -0.4 is 10.2 Å². The van der Waals surface area contributed by atoms with E-state index in [9.17, 15) is 4.79 Å². The highest BCUT2D eigenvalue weighted by molar-refractivity contribution is 6.02. The maximum atomic E-state index is 12.4. The first kappa shape index (κ1) is 18.6. The van der Waals surface area contributed by atoms with Gasteiger partial charge in [-0.3, -0.25) is 4.79 Å². The molecule has 2 aromatic carbocycles. The zero-order valence-corrected chi connectivity index (χ0v) is 16.2. The second-order valence-electron chi connectivity index (χ2n) is 6.60. The molecule has 5 heteroatoms. The standard InChI is InChI=1S/C22H24N4O/c1-5-26(19-8-6-7-15(2)11-19)21-14-23-20(13-24-21)22(27)25-18-10-9-16(3)17(4)12-18/h6-14H,5H2,1-4H3,(H,25,27). The van der Waals surface area contributed by atoms with Crippen LogP contribution in [0.2, 0.25) is 0 Å². The number of anilines is 3. The normalized spacial score (nSPS) is 10.5. The van der Waals surface area contributed by atoms with Crippen molar-refractivity contribution in [3.8, 4) is 0 Å². The topological polar surface area (TPSA) is 58.1 Å². The minimum atomic E-state index is -0.268. The molecule has 0 saturated carbocycles. The Bertz CT molecular complexity index is 951. The van der Waals surface area contributed by atoms with Crippen molar-refractivity contribution in [2.24, 2.45) is 0 Å². The Morgan fingerprint density at radius 3 is 2.44 bits per heavy atom. The Labute approximate surface area is 160 Å². The zero-order valence-electron chi connectivity index (χ0n) is 16.2. The van der Waals surface area contributed by atoms with Crippen LogP contribution in [0.1, 0.15) is 34.1 Å². The van der Waals surface area contributed by atoms with Crippen LogP contribution in [0, 0.1) is 20.8 Å². The molecule has 1 aromatic heterocycles. The molecule has 0 aliphatic heterocycles. The summed E-state index contributed by atoms with van der Waals surface area (Å²) >= 11 is 0. The zero-order chi connectivity index (χ0) is 19.4. The number of carbonyl (C=O) groups is 1. The average Bonchev–Trinajstić information content (AvgIpc) is 2.66. The average molecular weight is 360 g/mol. The first-order chi connectivity index (χ1) is 13.0. The molecule has 0 bridgehead atoms. The van der Waals surface area contributed by atoms with Gasteiger partial charge in [0.05, 0.1) is 12.4 Å². The van der Waals surface area contributed by atoms with Gasteiger partial charge in [-0.2, -0.15) is 0 Å². The number of hydrogen-bond acceptors (Lipinski definition) is 4. The molecule has 0 unspecified atom stereocenters. The van der Waals surface area contributed by atoms with Crippen molar-refractivity contribution in [2.45, 2.75) is 27.7 Å². The fraction of sp³-hybridized carbons (Fsp3) is 0.227. The molecule has 3 rings (SSSR count). The number of rotatable bonds is 5. The number of amides is 1. The molecule has 1 heterocycles. The van der Waals surface area contributed by atoms with Crippen molar-refractivity contribution in [1.29, 1.82) is 0 Å². The first-order valence-electron chi connectivity index (χ1n) is 9.03. The number of benzene rings is 2. The second-order valence-corrected chi connectivity index (χ2v) is 6.60. The number of carbonyl (C=O) groups excluding carboxylic acids is 1. The number of aromatic nitrogens is 2. The predicted molar refractivity (Wildman–Crippen MR) is 110 cm³/mol. The number of nitrogens with zero attached hydrogens (tertiary/aromatic N) is 3. The van der Waals surface area contributed by atoms with Gasteiger partial charge in [-0.05, 0) is 68.7 Å². The van der Waals surface area contributed by atoms with Gasteiger partial charge in [-0.15, -0.1) is 0 Å². The van der Waals surface area contributed by atoms with Gasteiger partial charge in [-0.25, -0.2) is 9.97 Å². The third kappa shape index (κ3) is 4.31. The van der Waals surface area contributed by atoms with Crippen LogP contribution in [-0.4, -0.2) is 22.4 Å². The summed E-state index contributed by atoms with van der Waals surface area (Å²) in [6, 6.07) is 14.0. The summed E-state index contributed by atoms with van der Waals surface area (Å²) in [5.41, 5.74) is 5.60. The van der Waals surface area contributed by atoms with Gasteiger partial charge in [0.25, 0.3) is 5.91 Å². The molecule has 0 saturated heterocycles. The lowest BCUT2D eigenvalue weighted by Crippen LogP contribution is -2.19. The Kier molecular flexibility index (Phi) is 5.50. The van der Waals surface area contributed by atoms with Crippen molar-refractivity contribution >= 4 is 23.1 Å². The molecular formula is C22H24N4O. The quantitative estimate of drug-likeness (QED) is 0.709. The molecule has 3 aromatic rings. The summed E-state index contributed by atoms with van der Waals surface area (Å²) in [6.07, 6.45) is 3.16. The minimum absolute atomic E-state index is 0.268. The number of hydrogen-bond donors (Lipinski definition) is 1. The maximum absolute atomic E-state index is 12.4. The van der Waals surface area contributed by atoms with E-state index in [1.165, 1.54) is 17.3 Å². The summed E-state index contributed by atoms with van der Waals surface area (Å²) in [7, 11) is 0. The molecule has 0 aliphatic carbocycles. The van der Waals surface area contributed by atoms with Crippen molar-refractivity contribution in [3.63, 3.8) is 0 Å². The second kappa shape index (κ2) is 7.99. The van der Waals surface area contributed by atoms with Crippen LogP contribution in [-0.2, 0) is 0 Å². The SMILES string of the molecule is CCN(c1cccc(C)c1)c1cnc(C(=O)Nc2ccc(C)c(C)c2)cn1. The highest BCUT2D eigenvalue weighted by Crippen LogP contribution is 2.23. The summed E-state index contributed by atoms with van der Waals surface area (Å²) < 4.78 is 0. The Hall–Kier alpha value is -3.21. The molecule has 0 aliphatic rings. The van der Waals surface area contributed by atoms with E-state index in [2.05, 4.69) is 46.2 Å². The third-order valence-corrected chi connectivity index (χ3v) is 4.54. The number of nitrogens with one attached hydrogen (secondary N) is 1. The fourth-order valence-electron chi connectivity index (χ4n) is 2.86. The smallest absolute Gasteiger partial charge is 0.275 e. The van der Waals surface area contributed by atoms with E-state index < -0.39 is 0 Å². The van der Waals surface area contributed by atoms with Crippen molar-refractivity contribution < 1.29 is 4.79 Å². The van der Waals surface area contributed by atoms with Gasteiger partial charge >= 0.3 is 0 Å². The van der Waals surface area contributed by atoms with Gasteiger partial charge in [0.15, 0.2) is 5.82 Å².